The van der Waals surface area contributed by atoms with Gasteiger partial charge in [0.25, 0.3) is 0 Å². The van der Waals surface area contributed by atoms with Gasteiger partial charge in [-0.2, -0.15) is 0 Å². The van der Waals surface area contributed by atoms with Gasteiger partial charge in [-0.15, -0.1) is 11.6 Å². The van der Waals surface area contributed by atoms with E-state index < -0.39 is 5.97 Å². The Hall–Kier alpha value is -1.75. The third-order valence-electron chi connectivity index (χ3n) is 2.86. The fourth-order valence-corrected chi connectivity index (χ4v) is 2.24. The summed E-state index contributed by atoms with van der Waals surface area (Å²) >= 11 is 5.94. The average Bonchev–Trinajstić information content (AvgIpc) is 2.68. The molecule has 1 amide bonds. The molecule has 2 rings (SSSR count). The number of rotatable bonds is 2. The van der Waals surface area contributed by atoms with Gasteiger partial charge in [0.2, 0.25) is 5.91 Å². The number of nitrogens with zero attached hydrogens (tertiary/aromatic N) is 1. The summed E-state index contributed by atoms with van der Waals surface area (Å²) in [7, 11) is 1.28. The molecule has 0 radical (unpaired) electrons. The number of nitrogens with two attached hydrogens (primary N) is 1. The van der Waals surface area contributed by atoms with Gasteiger partial charge in [0.05, 0.1) is 29.4 Å². The number of ether oxygens (including phenoxy) is 1. The Morgan fingerprint density at radius 3 is 2.83 bits per heavy atom. The monoisotopic (exact) mass is 268 g/mol. The molecule has 2 N–H and O–H groups in total. The van der Waals surface area contributed by atoms with E-state index in [1.807, 2.05) is 0 Å². The summed E-state index contributed by atoms with van der Waals surface area (Å²) in [6.45, 7) is 0.398. The fourth-order valence-electron chi connectivity index (χ4n) is 1.97. The van der Waals surface area contributed by atoms with Crippen LogP contribution in [-0.2, 0) is 9.53 Å². The van der Waals surface area contributed by atoms with Crippen molar-refractivity contribution in [3.05, 3.63) is 23.8 Å². The van der Waals surface area contributed by atoms with Gasteiger partial charge in [-0.05, 0) is 12.1 Å². The number of carbonyl (C=O) groups is 2. The zero-order valence-corrected chi connectivity index (χ0v) is 10.6. The molecule has 5 nitrogen and oxygen atoms in total. The SMILES string of the molecule is COC(=O)c1cccc(N2CC(Cl)CC2=O)c1N. The summed E-state index contributed by atoms with van der Waals surface area (Å²) in [6.07, 6.45) is 0.281. The number of alkyl halides is 1. The number of carbonyl (C=O) groups excluding carboxylic acids is 2. The van der Waals surface area contributed by atoms with Gasteiger partial charge < -0.3 is 15.4 Å². The predicted molar refractivity (Wildman–Crippen MR) is 68.8 cm³/mol. The van der Waals surface area contributed by atoms with Crippen molar-refractivity contribution in [2.45, 2.75) is 11.8 Å². The number of anilines is 2. The van der Waals surface area contributed by atoms with E-state index in [1.165, 1.54) is 12.0 Å². The molecule has 0 saturated carbocycles. The van der Waals surface area contributed by atoms with Crippen molar-refractivity contribution in [2.24, 2.45) is 0 Å². The number of hydrogen-bond acceptors (Lipinski definition) is 4. The number of nitrogen functional groups attached to an aromatic ring is 1. The second-order valence-corrected chi connectivity index (χ2v) is 4.65. The summed E-state index contributed by atoms with van der Waals surface area (Å²) < 4.78 is 4.63. The molecule has 1 aliphatic rings. The molecule has 0 aliphatic carbocycles. The predicted octanol–water partition coefficient (Wildman–Crippen LogP) is 1.40. The van der Waals surface area contributed by atoms with E-state index in [2.05, 4.69) is 4.74 Å². The van der Waals surface area contributed by atoms with Crippen LogP contribution in [0.3, 0.4) is 0 Å². The zero-order chi connectivity index (χ0) is 13.3. The number of para-hydroxylation sites is 1. The molecule has 1 saturated heterocycles. The van der Waals surface area contributed by atoms with Gasteiger partial charge in [-0.25, -0.2) is 4.79 Å². The van der Waals surface area contributed by atoms with Crippen LogP contribution >= 0.6 is 11.6 Å². The number of hydrogen-bond donors (Lipinski definition) is 1. The topological polar surface area (TPSA) is 72.6 Å². The van der Waals surface area contributed by atoms with Crippen LogP contribution in [0.25, 0.3) is 0 Å². The number of methoxy groups -OCH3 is 1. The number of benzene rings is 1. The summed E-state index contributed by atoms with van der Waals surface area (Å²) in [4.78, 5) is 24.8. The third-order valence-corrected chi connectivity index (χ3v) is 3.15. The molecule has 1 atom stereocenters. The standard InChI is InChI=1S/C12H13ClN2O3/c1-18-12(17)8-3-2-4-9(11(8)14)15-6-7(13)5-10(15)16/h2-4,7H,5-6,14H2,1H3. The molecular formula is C12H13ClN2O3. The summed E-state index contributed by atoms with van der Waals surface area (Å²) in [5.74, 6) is -0.618. The first-order valence-electron chi connectivity index (χ1n) is 5.46. The van der Waals surface area contributed by atoms with Gasteiger partial charge in [0.15, 0.2) is 0 Å². The van der Waals surface area contributed by atoms with Gasteiger partial charge >= 0.3 is 5.97 Å². The largest absolute Gasteiger partial charge is 0.465 e. The summed E-state index contributed by atoms with van der Waals surface area (Å²) in [6, 6.07) is 4.91. The van der Waals surface area contributed by atoms with Crippen molar-refractivity contribution in [1.29, 1.82) is 0 Å². The van der Waals surface area contributed by atoms with Crippen molar-refractivity contribution in [1.82, 2.24) is 0 Å². The minimum Gasteiger partial charge on any atom is -0.465 e. The van der Waals surface area contributed by atoms with Gasteiger partial charge in [0.1, 0.15) is 0 Å². The van der Waals surface area contributed by atoms with E-state index in [0.717, 1.165) is 0 Å². The first kappa shape index (κ1) is 12.7. The smallest absolute Gasteiger partial charge is 0.340 e. The molecule has 18 heavy (non-hydrogen) atoms. The molecule has 1 fully saturated rings. The van der Waals surface area contributed by atoms with Crippen LogP contribution in [-0.4, -0.2) is 30.9 Å². The Morgan fingerprint density at radius 2 is 2.28 bits per heavy atom. The second-order valence-electron chi connectivity index (χ2n) is 4.04. The van der Waals surface area contributed by atoms with Crippen molar-refractivity contribution >= 4 is 34.9 Å². The van der Waals surface area contributed by atoms with Crippen LogP contribution in [0.5, 0.6) is 0 Å². The maximum absolute atomic E-state index is 11.8. The van der Waals surface area contributed by atoms with Crippen LogP contribution in [0, 0.1) is 0 Å². The highest BCUT2D eigenvalue weighted by atomic mass is 35.5. The fraction of sp³-hybridized carbons (Fsp3) is 0.333. The number of esters is 1. The van der Waals surface area contributed by atoms with E-state index in [9.17, 15) is 9.59 Å². The second kappa shape index (κ2) is 4.86. The molecule has 1 aliphatic heterocycles. The maximum Gasteiger partial charge on any atom is 0.340 e. The van der Waals surface area contributed by atoms with Crippen LogP contribution < -0.4 is 10.6 Å². The highest BCUT2D eigenvalue weighted by Crippen LogP contribution is 2.31. The quantitative estimate of drug-likeness (QED) is 0.500. The van der Waals surface area contributed by atoms with Crippen molar-refractivity contribution in [3.8, 4) is 0 Å². The van der Waals surface area contributed by atoms with Gasteiger partial charge in [-0.3, -0.25) is 4.79 Å². The van der Waals surface area contributed by atoms with E-state index >= 15 is 0 Å². The van der Waals surface area contributed by atoms with Crippen LogP contribution in [0.4, 0.5) is 11.4 Å². The third kappa shape index (κ3) is 2.13. The number of amides is 1. The molecule has 1 aromatic rings. The molecule has 6 heteroatoms. The Balaban J connectivity index is 2.40. The minimum absolute atomic E-state index is 0.0938. The highest BCUT2D eigenvalue weighted by Gasteiger charge is 2.31. The lowest BCUT2D eigenvalue weighted by molar-refractivity contribution is -0.117. The Bertz CT molecular complexity index is 504. The zero-order valence-electron chi connectivity index (χ0n) is 9.85. The van der Waals surface area contributed by atoms with Crippen molar-refractivity contribution < 1.29 is 14.3 Å². The van der Waals surface area contributed by atoms with Crippen LogP contribution in [0.15, 0.2) is 18.2 Å². The lowest BCUT2D eigenvalue weighted by Gasteiger charge is -2.19. The average molecular weight is 269 g/mol. The van der Waals surface area contributed by atoms with E-state index in [4.69, 9.17) is 17.3 Å². The van der Waals surface area contributed by atoms with Gasteiger partial charge in [-0.1, -0.05) is 6.07 Å². The molecule has 0 bridgehead atoms. The first-order chi connectivity index (χ1) is 8.54. The van der Waals surface area contributed by atoms with Crippen LogP contribution in [0.2, 0.25) is 0 Å². The van der Waals surface area contributed by atoms with E-state index in [0.29, 0.717) is 12.2 Å². The molecule has 0 spiro atoms. The normalized spacial score (nSPS) is 19.1. The summed E-state index contributed by atoms with van der Waals surface area (Å²) in [5, 5.41) is -0.223. The Labute approximate surface area is 109 Å². The minimum atomic E-state index is -0.525. The molecule has 1 unspecified atom stereocenters. The Morgan fingerprint density at radius 1 is 1.56 bits per heavy atom. The van der Waals surface area contributed by atoms with Crippen molar-refractivity contribution in [3.63, 3.8) is 0 Å². The highest BCUT2D eigenvalue weighted by molar-refractivity contribution is 6.24. The van der Waals surface area contributed by atoms with Crippen molar-refractivity contribution in [2.75, 3.05) is 24.3 Å². The molecular weight excluding hydrogens is 256 g/mol. The van der Waals surface area contributed by atoms with E-state index in [-0.39, 0.29) is 29.0 Å². The lowest BCUT2D eigenvalue weighted by Crippen LogP contribution is -2.26. The first-order valence-corrected chi connectivity index (χ1v) is 5.89. The van der Waals surface area contributed by atoms with Crippen LogP contribution in [0.1, 0.15) is 16.8 Å². The molecule has 96 valence electrons. The van der Waals surface area contributed by atoms with E-state index in [1.54, 1.807) is 18.2 Å². The number of halogens is 1. The lowest BCUT2D eigenvalue weighted by atomic mass is 10.1. The van der Waals surface area contributed by atoms with Gasteiger partial charge in [0, 0.05) is 13.0 Å². The summed E-state index contributed by atoms with van der Waals surface area (Å²) in [5.41, 5.74) is 6.91. The molecule has 1 heterocycles. The Kier molecular flexibility index (Phi) is 3.43. The maximum atomic E-state index is 11.8. The molecule has 1 aromatic carbocycles. The molecule has 0 aromatic heterocycles.